The Morgan fingerprint density at radius 1 is 1.00 bits per heavy atom. The summed E-state index contributed by atoms with van der Waals surface area (Å²) in [5.41, 5.74) is 2.25. The van der Waals surface area contributed by atoms with Gasteiger partial charge in [0.15, 0.2) is 5.82 Å². The van der Waals surface area contributed by atoms with Crippen molar-refractivity contribution in [2.75, 3.05) is 16.8 Å². The monoisotopic (exact) mass is 317 g/mol. The zero-order valence-electron chi connectivity index (χ0n) is 13.3. The number of hydrogen-bond acceptors (Lipinski definition) is 5. The summed E-state index contributed by atoms with van der Waals surface area (Å²) in [6, 6.07) is 20.4. The van der Waals surface area contributed by atoms with Crippen LogP contribution in [0.2, 0.25) is 0 Å². The summed E-state index contributed by atoms with van der Waals surface area (Å²) in [5, 5.41) is 11.2. The highest BCUT2D eigenvalue weighted by atomic mass is 15.3. The first-order valence-corrected chi connectivity index (χ1v) is 7.78. The van der Waals surface area contributed by atoms with Gasteiger partial charge in [-0.15, -0.1) is 11.7 Å². The molecule has 0 radical (unpaired) electrons. The predicted octanol–water partition coefficient (Wildman–Crippen LogP) is 3.81. The molecule has 1 aromatic heterocycles. The first-order valence-electron chi connectivity index (χ1n) is 7.78. The van der Waals surface area contributed by atoms with Crippen LogP contribution >= 0.6 is 0 Å². The molecule has 0 unspecified atom stereocenters. The van der Waals surface area contributed by atoms with Crippen molar-refractivity contribution in [3.05, 3.63) is 85.1 Å². The molecule has 0 atom stereocenters. The van der Waals surface area contributed by atoms with E-state index in [2.05, 4.69) is 56.2 Å². The lowest BCUT2D eigenvalue weighted by Gasteiger charge is -2.23. The molecule has 0 fully saturated rings. The van der Waals surface area contributed by atoms with Crippen molar-refractivity contribution in [2.45, 2.75) is 6.54 Å². The van der Waals surface area contributed by atoms with Gasteiger partial charge in [-0.1, -0.05) is 54.6 Å². The van der Waals surface area contributed by atoms with Gasteiger partial charge >= 0.3 is 0 Å². The molecule has 0 bridgehead atoms. The van der Waals surface area contributed by atoms with Gasteiger partial charge in [0, 0.05) is 18.8 Å². The van der Waals surface area contributed by atoms with E-state index in [1.807, 2.05) is 36.4 Å². The molecule has 120 valence electrons. The molecule has 2 aromatic carbocycles. The summed E-state index contributed by atoms with van der Waals surface area (Å²) in [5.74, 6) is 1.23. The fourth-order valence-electron chi connectivity index (χ4n) is 2.34. The van der Waals surface area contributed by atoms with Crippen LogP contribution in [0.15, 0.2) is 79.5 Å². The summed E-state index contributed by atoms with van der Waals surface area (Å²) < 4.78 is 0. The Kier molecular flexibility index (Phi) is 5.14. The van der Waals surface area contributed by atoms with Crippen molar-refractivity contribution < 1.29 is 0 Å². The maximum absolute atomic E-state index is 4.58. The van der Waals surface area contributed by atoms with Crippen LogP contribution in [0.25, 0.3) is 0 Å². The minimum absolute atomic E-state index is 0.487. The van der Waals surface area contributed by atoms with Gasteiger partial charge in [0.05, 0.1) is 6.20 Å². The summed E-state index contributed by atoms with van der Waals surface area (Å²) in [4.78, 5) is 6.69. The molecule has 3 aromatic rings. The normalized spacial score (nSPS) is 10.2. The Balaban J connectivity index is 1.94. The van der Waals surface area contributed by atoms with Gasteiger partial charge in [-0.25, -0.2) is 0 Å². The first kappa shape index (κ1) is 15.7. The second-order valence-corrected chi connectivity index (χ2v) is 5.22. The fraction of sp³-hybridized carbons (Fsp3) is 0.105. The van der Waals surface area contributed by atoms with Crippen molar-refractivity contribution in [3.8, 4) is 0 Å². The largest absolute Gasteiger partial charge is 0.349 e. The number of anilines is 3. The van der Waals surface area contributed by atoms with Crippen molar-refractivity contribution in [1.82, 2.24) is 15.2 Å². The van der Waals surface area contributed by atoms with E-state index in [4.69, 9.17) is 0 Å². The highest BCUT2D eigenvalue weighted by molar-refractivity contribution is 5.60. The molecule has 0 saturated heterocycles. The van der Waals surface area contributed by atoms with Crippen LogP contribution in [-0.4, -0.2) is 21.7 Å². The van der Waals surface area contributed by atoms with Crippen molar-refractivity contribution >= 4 is 17.5 Å². The van der Waals surface area contributed by atoms with Crippen LogP contribution < -0.4 is 10.2 Å². The van der Waals surface area contributed by atoms with Gasteiger partial charge in [-0.3, -0.25) is 0 Å². The van der Waals surface area contributed by atoms with E-state index in [0.717, 1.165) is 11.5 Å². The lowest BCUT2D eigenvalue weighted by molar-refractivity contribution is 0.895. The van der Waals surface area contributed by atoms with Gasteiger partial charge < -0.3 is 10.2 Å². The van der Waals surface area contributed by atoms with Gasteiger partial charge in [0.25, 0.3) is 0 Å². The Morgan fingerprint density at radius 2 is 1.71 bits per heavy atom. The molecule has 1 heterocycles. The van der Waals surface area contributed by atoms with E-state index in [1.165, 1.54) is 5.56 Å². The maximum Gasteiger partial charge on any atom is 0.244 e. The van der Waals surface area contributed by atoms with Crippen LogP contribution in [0.5, 0.6) is 0 Å². The van der Waals surface area contributed by atoms with Crippen LogP contribution in [0.1, 0.15) is 5.56 Å². The van der Waals surface area contributed by atoms with Crippen LogP contribution in [0.4, 0.5) is 17.5 Å². The van der Waals surface area contributed by atoms with E-state index >= 15 is 0 Å². The molecule has 24 heavy (non-hydrogen) atoms. The minimum Gasteiger partial charge on any atom is -0.349 e. The van der Waals surface area contributed by atoms with E-state index in [9.17, 15) is 0 Å². The van der Waals surface area contributed by atoms with Gasteiger partial charge in [-0.05, 0) is 17.7 Å². The summed E-state index contributed by atoms with van der Waals surface area (Å²) in [7, 11) is 0. The molecule has 3 rings (SSSR count). The van der Waals surface area contributed by atoms with E-state index < -0.39 is 0 Å². The highest BCUT2D eigenvalue weighted by Gasteiger charge is 2.13. The number of benzene rings is 2. The van der Waals surface area contributed by atoms with Crippen molar-refractivity contribution in [3.63, 3.8) is 0 Å². The Labute approximate surface area is 141 Å². The SMILES string of the molecule is C=CCNc1nncc(N(Cc2ccccc2)c2ccccc2)n1. The third-order valence-corrected chi connectivity index (χ3v) is 3.48. The number of hydrogen-bond donors (Lipinski definition) is 1. The zero-order chi connectivity index (χ0) is 16.6. The number of para-hydroxylation sites is 1. The summed E-state index contributed by atoms with van der Waals surface area (Å²) in [6.07, 6.45) is 3.43. The molecule has 0 aliphatic carbocycles. The average molecular weight is 317 g/mol. The smallest absolute Gasteiger partial charge is 0.244 e. The minimum atomic E-state index is 0.487. The summed E-state index contributed by atoms with van der Waals surface area (Å²) >= 11 is 0. The first-order chi connectivity index (χ1) is 11.9. The lowest BCUT2D eigenvalue weighted by Crippen LogP contribution is -2.19. The van der Waals surface area contributed by atoms with Crippen molar-refractivity contribution in [2.24, 2.45) is 0 Å². The van der Waals surface area contributed by atoms with Gasteiger partial charge in [-0.2, -0.15) is 10.1 Å². The Bertz CT molecular complexity index is 774. The number of aromatic nitrogens is 3. The van der Waals surface area contributed by atoms with Gasteiger partial charge in [0.2, 0.25) is 5.95 Å². The topological polar surface area (TPSA) is 53.9 Å². The number of nitrogens with zero attached hydrogens (tertiary/aromatic N) is 4. The second-order valence-electron chi connectivity index (χ2n) is 5.22. The third kappa shape index (κ3) is 3.95. The molecule has 0 aliphatic heterocycles. The molecule has 0 aliphatic rings. The predicted molar refractivity (Wildman–Crippen MR) is 97.2 cm³/mol. The molecular weight excluding hydrogens is 298 g/mol. The summed E-state index contributed by atoms with van der Waals surface area (Å²) in [6.45, 7) is 4.98. The van der Waals surface area contributed by atoms with E-state index in [-0.39, 0.29) is 0 Å². The number of rotatable bonds is 7. The molecule has 0 amide bonds. The molecule has 5 heteroatoms. The highest BCUT2D eigenvalue weighted by Crippen LogP contribution is 2.25. The number of nitrogens with one attached hydrogen (secondary N) is 1. The van der Waals surface area contributed by atoms with Crippen LogP contribution in [-0.2, 0) is 6.54 Å². The van der Waals surface area contributed by atoms with Crippen LogP contribution in [0.3, 0.4) is 0 Å². The lowest BCUT2D eigenvalue weighted by atomic mass is 10.2. The van der Waals surface area contributed by atoms with Crippen molar-refractivity contribution in [1.29, 1.82) is 0 Å². The Hall–Kier alpha value is -3.21. The zero-order valence-corrected chi connectivity index (χ0v) is 13.3. The second kappa shape index (κ2) is 7.87. The molecular formula is C19H19N5. The fourth-order valence-corrected chi connectivity index (χ4v) is 2.34. The average Bonchev–Trinajstić information content (AvgIpc) is 2.66. The molecule has 1 N–H and O–H groups in total. The molecule has 0 saturated carbocycles. The van der Waals surface area contributed by atoms with Crippen LogP contribution in [0, 0.1) is 0 Å². The van der Waals surface area contributed by atoms with E-state index in [1.54, 1.807) is 12.3 Å². The van der Waals surface area contributed by atoms with E-state index in [0.29, 0.717) is 19.0 Å². The maximum atomic E-state index is 4.58. The molecule has 0 spiro atoms. The standard InChI is InChI=1S/C19H19N5/c1-2-13-20-19-22-18(14-21-23-19)24(17-11-7-4-8-12-17)15-16-9-5-3-6-10-16/h2-12,14H,1,13,15H2,(H,20,22,23). The Morgan fingerprint density at radius 3 is 2.42 bits per heavy atom. The third-order valence-electron chi connectivity index (χ3n) is 3.48. The molecule has 5 nitrogen and oxygen atoms in total. The van der Waals surface area contributed by atoms with Gasteiger partial charge in [0.1, 0.15) is 0 Å². The quantitative estimate of drug-likeness (QED) is 0.672.